The van der Waals surface area contributed by atoms with Crippen molar-refractivity contribution in [2.45, 2.75) is 12.0 Å². The molecule has 1 aliphatic carbocycles. The van der Waals surface area contributed by atoms with Crippen molar-refractivity contribution in [3.05, 3.63) is 84.5 Å². The molecule has 20 heavy (non-hydrogen) atoms. The fourth-order valence-corrected chi connectivity index (χ4v) is 2.74. The first-order valence-electron chi connectivity index (χ1n) is 6.91. The minimum absolute atomic E-state index is 0.454. The van der Waals surface area contributed by atoms with Crippen molar-refractivity contribution < 1.29 is 4.74 Å². The van der Waals surface area contributed by atoms with E-state index >= 15 is 0 Å². The number of ether oxygens (including phenoxy) is 1. The molecule has 1 nitrogen and oxygen atoms in total. The van der Waals surface area contributed by atoms with Gasteiger partial charge in [0.15, 0.2) is 0 Å². The second-order valence-corrected chi connectivity index (χ2v) is 4.95. The molecule has 0 aromatic heterocycles. The normalized spacial score (nSPS) is 16.2. The zero-order valence-corrected chi connectivity index (χ0v) is 11.6. The number of hydrogen-bond acceptors (Lipinski definition) is 1. The van der Waals surface area contributed by atoms with Gasteiger partial charge in [-0.15, -0.1) is 0 Å². The molecule has 0 aliphatic heterocycles. The Kier molecular flexibility index (Phi) is 3.53. The van der Waals surface area contributed by atoms with Crippen LogP contribution in [0.5, 0.6) is 0 Å². The molecule has 0 N–H and O–H groups in total. The maximum atomic E-state index is 5.85. The Morgan fingerprint density at radius 3 is 2.20 bits per heavy atom. The Balaban J connectivity index is 2.17. The van der Waals surface area contributed by atoms with E-state index in [4.69, 9.17) is 4.74 Å². The first-order chi connectivity index (χ1) is 9.86. The van der Waals surface area contributed by atoms with Gasteiger partial charge in [-0.25, -0.2) is 0 Å². The zero-order valence-electron chi connectivity index (χ0n) is 11.6. The molecule has 0 atom stereocenters. The molecule has 0 unspecified atom stereocenters. The molecule has 0 heterocycles. The van der Waals surface area contributed by atoms with Crippen molar-refractivity contribution in [3.63, 3.8) is 0 Å². The number of hydrogen-bond donors (Lipinski definition) is 0. The fourth-order valence-electron chi connectivity index (χ4n) is 2.74. The van der Waals surface area contributed by atoms with Crippen LogP contribution in [0.3, 0.4) is 0 Å². The molecule has 2 aromatic rings. The number of rotatable bonds is 3. The van der Waals surface area contributed by atoms with Crippen LogP contribution in [0.1, 0.15) is 12.0 Å². The van der Waals surface area contributed by atoms with Gasteiger partial charge < -0.3 is 4.74 Å². The van der Waals surface area contributed by atoms with Gasteiger partial charge in [-0.3, -0.25) is 0 Å². The fraction of sp³-hybridized carbons (Fsp3) is 0.158. The van der Waals surface area contributed by atoms with Crippen LogP contribution in [0.2, 0.25) is 0 Å². The molecular formula is C19H18O. The average molecular weight is 262 g/mol. The van der Waals surface area contributed by atoms with Crippen molar-refractivity contribution in [1.82, 2.24) is 0 Å². The van der Waals surface area contributed by atoms with Crippen LogP contribution in [-0.4, -0.2) is 7.11 Å². The average Bonchev–Trinajstić information content (AvgIpc) is 2.56. The van der Waals surface area contributed by atoms with E-state index in [2.05, 4.69) is 72.8 Å². The first kappa shape index (κ1) is 12.9. The standard InChI is InChI=1S/C19H18O/c1-20-19(14-8-3-9-15-19)18-13-7-6-12-17(18)16-10-4-2-5-11-16/h2,4-15H,3H2,1H3. The molecule has 3 rings (SSSR count). The molecule has 1 heteroatoms. The van der Waals surface area contributed by atoms with Gasteiger partial charge in [0.05, 0.1) is 0 Å². The van der Waals surface area contributed by atoms with Crippen LogP contribution in [0.15, 0.2) is 78.9 Å². The summed E-state index contributed by atoms with van der Waals surface area (Å²) < 4.78 is 5.85. The van der Waals surface area contributed by atoms with Gasteiger partial charge in [-0.1, -0.05) is 66.7 Å². The molecule has 1 aliphatic rings. The second kappa shape index (κ2) is 5.48. The Morgan fingerprint density at radius 2 is 1.50 bits per heavy atom. The minimum Gasteiger partial charge on any atom is -0.365 e. The summed E-state index contributed by atoms with van der Waals surface area (Å²) in [5, 5.41) is 0. The molecule has 0 bridgehead atoms. The Bertz CT molecular complexity index is 626. The molecule has 0 radical (unpaired) electrons. The summed E-state index contributed by atoms with van der Waals surface area (Å²) in [6.45, 7) is 0. The quantitative estimate of drug-likeness (QED) is 0.728. The molecule has 100 valence electrons. The molecular weight excluding hydrogens is 244 g/mol. The largest absolute Gasteiger partial charge is 0.365 e. The van der Waals surface area contributed by atoms with Crippen LogP contribution >= 0.6 is 0 Å². The second-order valence-electron chi connectivity index (χ2n) is 4.95. The van der Waals surface area contributed by atoms with E-state index in [-0.39, 0.29) is 0 Å². The van der Waals surface area contributed by atoms with Crippen molar-refractivity contribution >= 4 is 0 Å². The number of benzene rings is 2. The molecule has 0 amide bonds. The molecule has 0 fully saturated rings. The van der Waals surface area contributed by atoms with Crippen LogP contribution in [0.4, 0.5) is 0 Å². The summed E-state index contributed by atoms with van der Waals surface area (Å²) in [6.07, 6.45) is 9.58. The molecule has 0 saturated heterocycles. The van der Waals surface area contributed by atoms with E-state index in [0.29, 0.717) is 0 Å². The van der Waals surface area contributed by atoms with E-state index in [0.717, 1.165) is 6.42 Å². The third kappa shape index (κ3) is 2.21. The summed E-state index contributed by atoms with van der Waals surface area (Å²) in [4.78, 5) is 0. The van der Waals surface area contributed by atoms with Crippen LogP contribution in [0.25, 0.3) is 11.1 Å². The van der Waals surface area contributed by atoms with E-state index in [1.54, 1.807) is 7.11 Å². The SMILES string of the molecule is COC1(c2ccccc2-c2ccccc2)C=CCC=C1. The van der Waals surface area contributed by atoms with Gasteiger partial charge in [0.1, 0.15) is 5.60 Å². The lowest BCUT2D eigenvalue weighted by Gasteiger charge is -2.30. The van der Waals surface area contributed by atoms with Gasteiger partial charge in [-0.2, -0.15) is 0 Å². The summed E-state index contributed by atoms with van der Waals surface area (Å²) >= 11 is 0. The predicted octanol–water partition coefficient (Wildman–Crippen LogP) is 4.71. The van der Waals surface area contributed by atoms with Gasteiger partial charge in [0.2, 0.25) is 0 Å². The minimum atomic E-state index is -0.454. The van der Waals surface area contributed by atoms with Crippen LogP contribution in [0, 0.1) is 0 Å². The Hall–Kier alpha value is -2.12. The summed E-state index contributed by atoms with van der Waals surface area (Å²) in [7, 11) is 1.77. The van der Waals surface area contributed by atoms with E-state index < -0.39 is 5.60 Å². The highest BCUT2D eigenvalue weighted by molar-refractivity contribution is 5.69. The highest BCUT2D eigenvalue weighted by atomic mass is 16.5. The monoisotopic (exact) mass is 262 g/mol. The van der Waals surface area contributed by atoms with E-state index in [1.165, 1.54) is 16.7 Å². The third-order valence-electron chi connectivity index (χ3n) is 3.77. The molecule has 0 saturated carbocycles. The van der Waals surface area contributed by atoms with E-state index in [1.807, 2.05) is 6.07 Å². The maximum Gasteiger partial charge on any atom is 0.130 e. The maximum absolute atomic E-state index is 5.85. The van der Waals surface area contributed by atoms with Crippen molar-refractivity contribution in [2.75, 3.05) is 7.11 Å². The Labute approximate surface area is 120 Å². The zero-order chi connectivity index (χ0) is 13.8. The van der Waals surface area contributed by atoms with Gasteiger partial charge in [0, 0.05) is 7.11 Å². The van der Waals surface area contributed by atoms with Gasteiger partial charge >= 0.3 is 0 Å². The molecule has 2 aromatic carbocycles. The molecule has 0 spiro atoms. The van der Waals surface area contributed by atoms with Gasteiger partial charge in [-0.05, 0) is 35.3 Å². The lowest BCUT2D eigenvalue weighted by atomic mass is 9.84. The number of methoxy groups -OCH3 is 1. The van der Waals surface area contributed by atoms with E-state index in [9.17, 15) is 0 Å². The third-order valence-corrected chi connectivity index (χ3v) is 3.77. The number of allylic oxidation sites excluding steroid dienone is 2. The lowest BCUT2D eigenvalue weighted by Crippen LogP contribution is -2.25. The summed E-state index contributed by atoms with van der Waals surface area (Å²) in [5.74, 6) is 0. The topological polar surface area (TPSA) is 9.23 Å². The highest BCUT2D eigenvalue weighted by Gasteiger charge is 2.29. The predicted molar refractivity (Wildman–Crippen MR) is 83.5 cm³/mol. The summed E-state index contributed by atoms with van der Waals surface area (Å²) in [6, 6.07) is 18.9. The highest BCUT2D eigenvalue weighted by Crippen LogP contribution is 2.37. The summed E-state index contributed by atoms with van der Waals surface area (Å²) in [5.41, 5.74) is 3.16. The first-order valence-corrected chi connectivity index (χ1v) is 6.91. The van der Waals surface area contributed by atoms with Crippen LogP contribution < -0.4 is 0 Å². The lowest BCUT2D eigenvalue weighted by molar-refractivity contribution is 0.0715. The van der Waals surface area contributed by atoms with Crippen molar-refractivity contribution in [1.29, 1.82) is 0 Å². The smallest absolute Gasteiger partial charge is 0.130 e. The van der Waals surface area contributed by atoms with Gasteiger partial charge in [0.25, 0.3) is 0 Å². The Morgan fingerprint density at radius 1 is 0.850 bits per heavy atom. The van der Waals surface area contributed by atoms with Crippen molar-refractivity contribution in [2.24, 2.45) is 0 Å². The van der Waals surface area contributed by atoms with Crippen molar-refractivity contribution in [3.8, 4) is 11.1 Å². The van der Waals surface area contributed by atoms with Crippen LogP contribution in [-0.2, 0) is 10.3 Å².